The Kier molecular flexibility index (Phi) is 7.86. The third-order valence-electron chi connectivity index (χ3n) is 4.45. The predicted octanol–water partition coefficient (Wildman–Crippen LogP) is 2.07. The van der Waals surface area contributed by atoms with Crippen LogP contribution in [0.5, 0.6) is 5.75 Å². The molecule has 7 nitrogen and oxygen atoms in total. The van der Waals surface area contributed by atoms with Gasteiger partial charge in [-0.3, -0.25) is 4.79 Å². The Morgan fingerprint density at radius 2 is 1.92 bits per heavy atom. The van der Waals surface area contributed by atoms with Gasteiger partial charge in [0, 0.05) is 31.9 Å². The highest BCUT2D eigenvalue weighted by Crippen LogP contribution is 2.27. The van der Waals surface area contributed by atoms with E-state index in [1.54, 1.807) is 13.2 Å². The molecule has 0 bridgehead atoms. The van der Waals surface area contributed by atoms with Crippen LogP contribution in [0.3, 0.4) is 0 Å². The van der Waals surface area contributed by atoms with Gasteiger partial charge in [0.25, 0.3) is 5.91 Å². The fraction of sp³-hybridized carbons (Fsp3) is 0.611. The number of nitrogens with one attached hydrogen (secondary N) is 2. The molecule has 0 aromatic heterocycles. The van der Waals surface area contributed by atoms with Crippen LogP contribution in [0.4, 0.5) is 0 Å². The van der Waals surface area contributed by atoms with Gasteiger partial charge in [-0.05, 0) is 37.5 Å². The van der Waals surface area contributed by atoms with Gasteiger partial charge in [-0.15, -0.1) is 0 Å². The third kappa shape index (κ3) is 5.69. The normalized spacial score (nSPS) is 15.6. The highest BCUT2D eigenvalue weighted by Gasteiger charge is 2.25. The maximum absolute atomic E-state index is 12.8. The second kappa shape index (κ2) is 9.89. The molecule has 1 aliphatic carbocycles. The topological polar surface area (TPSA) is 93.7 Å². The number of benzene rings is 1. The summed E-state index contributed by atoms with van der Waals surface area (Å²) in [5.74, 6) is -0.0953. The van der Waals surface area contributed by atoms with Gasteiger partial charge < -0.3 is 14.8 Å². The summed E-state index contributed by atoms with van der Waals surface area (Å²) in [6, 6.07) is 4.38. The molecular formula is C18H28N2O5S. The van der Waals surface area contributed by atoms with Crippen LogP contribution in [0.15, 0.2) is 23.1 Å². The Balaban J connectivity index is 2.16. The Morgan fingerprint density at radius 1 is 1.19 bits per heavy atom. The lowest BCUT2D eigenvalue weighted by atomic mass is 9.96. The monoisotopic (exact) mass is 384 g/mol. The summed E-state index contributed by atoms with van der Waals surface area (Å²) >= 11 is 0. The summed E-state index contributed by atoms with van der Waals surface area (Å²) in [4.78, 5) is 12.3. The zero-order chi connectivity index (χ0) is 19.0. The van der Waals surface area contributed by atoms with Crippen LogP contribution in [0.1, 0.15) is 48.9 Å². The first-order chi connectivity index (χ1) is 12.5. The van der Waals surface area contributed by atoms with Crippen LogP contribution in [0.25, 0.3) is 0 Å². The molecule has 1 aromatic rings. The van der Waals surface area contributed by atoms with E-state index < -0.39 is 10.0 Å². The molecule has 2 N–H and O–H groups in total. The van der Waals surface area contributed by atoms with Crippen LogP contribution in [-0.4, -0.2) is 47.7 Å². The minimum atomic E-state index is -3.76. The van der Waals surface area contributed by atoms with E-state index in [9.17, 15) is 13.2 Å². The van der Waals surface area contributed by atoms with Crippen LogP contribution in [-0.2, 0) is 14.8 Å². The van der Waals surface area contributed by atoms with Crippen LogP contribution in [0, 0.1) is 0 Å². The highest BCUT2D eigenvalue weighted by molar-refractivity contribution is 7.89. The van der Waals surface area contributed by atoms with Crippen molar-refractivity contribution in [3.63, 3.8) is 0 Å². The molecular weight excluding hydrogens is 356 g/mol. The Morgan fingerprint density at radius 3 is 2.58 bits per heavy atom. The van der Waals surface area contributed by atoms with E-state index in [1.165, 1.54) is 19.2 Å². The zero-order valence-corrected chi connectivity index (χ0v) is 16.2. The van der Waals surface area contributed by atoms with Crippen LogP contribution in [0.2, 0.25) is 0 Å². The summed E-state index contributed by atoms with van der Waals surface area (Å²) in [6.45, 7) is 1.01. The molecule has 1 fully saturated rings. The van der Waals surface area contributed by atoms with Gasteiger partial charge in [0.05, 0.1) is 7.11 Å². The largest absolute Gasteiger partial charge is 0.495 e. The first kappa shape index (κ1) is 20.7. The number of methoxy groups -OCH3 is 2. The lowest BCUT2D eigenvalue weighted by Crippen LogP contribution is -2.36. The molecule has 0 unspecified atom stereocenters. The van der Waals surface area contributed by atoms with Crippen molar-refractivity contribution < 1.29 is 22.7 Å². The first-order valence-electron chi connectivity index (χ1n) is 8.95. The van der Waals surface area contributed by atoms with Crippen molar-refractivity contribution in [1.29, 1.82) is 0 Å². The average Bonchev–Trinajstić information content (AvgIpc) is 2.65. The number of amides is 1. The SMILES string of the molecule is COCCCNC(=O)c1ccc(OC)c(S(=O)(=O)NC2CCCCC2)c1. The minimum absolute atomic E-state index is 0.00452. The molecule has 8 heteroatoms. The molecule has 0 saturated heterocycles. The Bertz CT molecular complexity index is 700. The summed E-state index contributed by atoms with van der Waals surface area (Å²) < 4.78 is 38.5. The first-order valence-corrected chi connectivity index (χ1v) is 10.4. The van der Waals surface area contributed by atoms with Gasteiger partial charge in [0.2, 0.25) is 10.0 Å². The maximum atomic E-state index is 12.8. The third-order valence-corrected chi connectivity index (χ3v) is 5.99. The molecule has 0 spiro atoms. The molecule has 0 radical (unpaired) electrons. The number of ether oxygens (including phenoxy) is 2. The number of carbonyl (C=O) groups excluding carboxylic acids is 1. The number of hydrogen-bond donors (Lipinski definition) is 2. The standard InChI is InChI=1S/C18H28N2O5S/c1-24-12-6-11-19-18(21)14-9-10-16(25-2)17(13-14)26(22,23)20-15-7-4-3-5-8-15/h9-10,13,15,20H,3-8,11-12H2,1-2H3,(H,19,21). The van der Waals surface area contributed by atoms with Crippen molar-refractivity contribution in [2.45, 2.75) is 49.5 Å². The molecule has 0 heterocycles. The molecule has 146 valence electrons. The van der Waals surface area contributed by atoms with E-state index in [-0.39, 0.29) is 28.2 Å². The zero-order valence-electron chi connectivity index (χ0n) is 15.4. The summed E-state index contributed by atoms with van der Waals surface area (Å²) in [6.07, 6.45) is 5.54. The van der Waals surface area contributed by atoms with E-state index in [4.69, 9.17) is 9.47 Å². The van der Waals surface area contributed by atoms with E-state index in [2.05, 4.69) is 10.0 Å². The predicted molar refractivity (Wildman–Crippen MR) is 99.0 cm³/mol. The van der Waals surface area contributed by atoms with Gasteiger partial charge in [0.15, 0.2) is 0 Å². The maximum Gasteiger partial charge on any atom is 0.251 e. The minimum Gasteiger partial charge on any atom is -0.495 e. The number of hydrogen-bond acceptors (Lipinski definition) is 5. The molecule has 1 aliphatic rings. The van der Waals surface area contributed by atoms with Gasteiger partial charge >= 0.3 is 0 Å². The fourth-order valence-corrected chi connectivity index (χ4v) is 4.55. The Labute approximate surface area is 155 Å². The lowest BCUT2D eigenvalue weighted by molar-refractivity contribution is 0.0948. The smallest absolute Gasteiger partial charge is 0.251 e. The van der Waals surface area contributed by atoms with E-state index >= 15 is 0 Å². The molecule has 1 aromatic carbocycles. The van der Waals surface area contributed by atoms with Crippen molar-refractivity contribution in [2.75, 3.05) is 27.4 Å². The van der Waals surface area contributed by atoms with E-state index in [0.29, 0.717) is 19.6 Å². The van der Waals surface area contributed by atoms with Crippen LogP contribution < -0.4 is 14.8 Å². The summed E-state index contributed by atoms with van der Waals surface area (Å²) in [5.41, 5.74) is 0.284. The second-order valence-electron chi connectivity index (χ2n) is 6.42. The molecule has 26 heavy (non-hydrogen) atoms. The molecule has 1 amide bonds. The van der Waals surface area contributed by atoms with Gasteiger partial charge in [-0.1, -0.05) is 19.3 Å². The number of rotatable bonds is 9. The second-order valence-corrected chi connectivity index (χ2v) is 8.11. The van der Waals surface area contributed by atoms with Crippen molar-refractivity contribution in [2.24, 2.45) is 0 Å². The fourth-order valence-electron chi connectivity index (χ4n) is 3.05. The van der Waals surface area contributed by atoms with Crippen molar-refractivity contribution >= 4 is 15.9 Å². The molecule has 0 atom stereocenters. The highest BCUT2D eigenvalue weighted by atomic mass is 32.2. The van der Waals surface area contributed by atoms with E-state index in [0.717, 1.165) is 32.1 Å². The Hall–Kier alpha value is -1.64. The van der Waals surface area contributed by atoms with Crippen LogP contribution >= 0.6 is 0 Å². The quantitative estimate of drug-likeness (QED) is 0.636. The van der Waals surface area contributed by atoms with Crippen molar-refractivity contribution in [3.8, 4) is 5.75 Å². The lowest BCUT2D eigenvalue weighted by Gasteiger charge is -2.23. The number of sulfonamides is 1. The van der Waals surface area contributed by atoms with Gasteiger partial charge in [-0.2, -0.15) is 0 Å². The van der Waals surface area contributed by atoms with E-state index in [1.807, 2.05) is 0 Å². The van der Waals surface area contributed by atoms with Crippen molar-refractivity contribution in [3.05, 3.63) is 23.8 Å². The van der Waals surface area contributed by atoms with Gasteiger partial charge in [-0.25, -0.2) is 13.1 Å². The average molecular weight is 384 g/mol. The van der Waals surface area contributed by atoms with Gasteiger partial charge in [0.1, 0.15) is 10.6 Å². The summed E-state index contributed by atoms with van der Waals surface area (Å²) in [7, 11) is -0.748. The molecule has 2 rings (SSSR count). The van der Waals surface area contributed by atoms with Crippen molar-refractivity contribution in [1.82, 2.24) is 10.0 Å². The summed E-state index contributed by atoms with van der Waals surface area (Å²) in [5, 5.41) is 2.76. The molecule has 1 saturated carbocycles. The number of carbonyl (C=O) groups is 1. The molecule has 0 aliphatic heterocycles.